The summed E-state index contributed by atoms with van der Waals surface area (Å²) in [5.41, 5.74) is 0.872. The molecule has 1 N–H and O–H groups in total. The SMILES string of the molecule is COCC(C)(O)c1cncc(C)c1. The Balaban J connectivity index is 2.93. The Morgan fingerprint density at radius 1 is 1.54 bits per heavy atom. The third-order valence-corrected chi connectivity index (χ3v) is 1.92. The molecule has 0 fully saturated rings. The Morgan fingerprint density at radius 2 is 2.23 bits per heavy atom. The fourth-order valence-electron chi connectivity index (χ4n) is 1.21. The van der Waals surface area contributed by atoms with Crippen LogP contribution in [0.25, 0.3) is 0 Å². The lowest BCUT2D eigenvalue weighted by atomic mass is 9.98. The third-order valence-electron chi connectivity index (χ3n) is 1.92. The van der Waals surface area contributed by atoms with Crippen molar-refractivity contribution >= 4 is 0 Å². The van der Waals surface area contributed by atoms with Gasteiger partial charge in [0.25, 0.3) is 0 Å². The summed E-state index contributed by atoms with van der Waals surface area (Å²) in [5.74, 6) is 0. The summed E-state index contributed by atoms with van der Waals surface area (Å²) in [4.78, 5) is 4.02. The number of nitrogens with zero attached hydrogens (tertiary/aromatic N) is 1. The summed E-state index contributed by atoms with van der Waals surface area (Å²) in [6.07, 6.45) is 3.42. The van der Waals surface area contributed by atoms with Gasteiger partial charge in [0.1, 0.15) is 5.60 Å². The van der Waals surface area contributed by atoms with E-state index in [9.17, 15) is 5.11 Å². The standard InChI is InChI=1S/C10H15NO2/c1-8-4-9(6-11-5-8)10(2,12)7-13-3/h4-6,12H,7H2,1-3H3. The van der Waals surface area contributed by atoms with Gasteiger partial charge < -0.3 is 9.84 Å². The molecule has 0 bridgehead atoms. The summed E-state index contributed by atoms with van der Waals surface area (Å²) in [6.45, 7) is 3.93. The number of aromatic nitrogens is 1. The zero-order chi connectivity index (χ0) is 9.90. The summed E-state index contributed by atoms with van der Waals surface area (Å²) < 4.78 is 4.92. The quantitative estimate of drug-likeness (QED) is 0.763. The first kappa shape index (κ1) is 10.2. The maximum atomic E-state index is 9.95. The van der Waals surface area contributed by atoms with Gasteiger partial charge in [0.2, 0.25) is 0 Å². The highest BCUT2D eigenvalue weighted by Gasteiger charge is 2.23. The predicted octanol–water partition coefficient (Wildman–Crippen LogP) is 1.24. The molecule has 72 valence electrons. The number of hydrogen-bond acceptors (Lipinski definition) is 3. The Morgan fingerprint density at radius 3 is 2.77 bits per heavy atom. The molecule has 0 radical (unpaired) electrons. The van der Waals surface area contributed by atoms with Gasteiger partial charge in [-0.2, -0.15) is 0 Å². The summed E-state index contributed by atoms with van der Waals surface area (Å²) in [7, 11) is 1.57. The van der Waals surface area contributed by atoms with Crippen LogP contribution >= 0.6 is 0 Å². The largest absolute Gasteiger partial charge is 0.383 e. The monoisotopic (exact) mass is 181 g/mol. The highest BCUT2D eigenvalue weighted by Crippen LogP contribution is 2.20. The second-order valence-electron chi connectivity index (χ2n) is 3.46. The molecular weight excluding hydrogens is 166 g/mol. The van der Waals surface area contributed by atoms with Crippen molar-refractivity contribution in [3.8, 4) is 0 Å². The number of methoxy groups -OCH3 is 1. The fraction of sp³-hybridized carbons (Fsp3) is 0.500. The minimum atomic E-state index is -0.951. The van der Waals surface area contributed by atoms with E-state index >= 15 is 0 Å². The van der Waals surface area contributed by atoms with Crippen molar-refractivity contribution in [3.05, 3.63) is 29.6 Å². The van der Waals surface area contributed by atoms with Gasteiger partial charge in [0.15, 0.2) is 0 Å². The van der Waals surface area contributed by atoms with Gasteiger partial charge in [-0.3, -0.25) is 4.98 Å². The number of hydrogen-bond donors (Lipinski definition) is 1. The van der Waals surface area contributed by atoms with Crippen LogP contribution in [0, 0.1) is 6.92 Å². The number of ether oxygens (including phenoxy) is 1. The van der Waals surface area contributed by atoms with Crippen molar-refractivity contribution in [2.24, 2.45) is 0 Å². The van der Waals surface area contributed by atoms with Crippen LogP contribution < -0.4 is 0 Å². The van der Waals surface area contributed by atoms with Crippen LogP contribution in [0.1, 0.15) is 18.1 Å². The first-order valence-corrected chi connectivity index (χ1v) is 4.20. The summed E-state index contributed by atoms with van der Waals surface area (Å²) in [5, 5.41) is 9.95. The topological polar surface area (TPSA) is 42.4 Å². The molecule has 1 aromatic heterocycles. The molecule has 1 unspecified atom stereocenters. The summed E-state index contributed by atoms with van der Waals surface area (Å²) >= 11 is 0. The fourth-order valence-corrected chi connectivity index (χ4v) is 1.21. The van der Waals surface area contributed by atoms with E-state index in [1.54, 1.807) is 26.4 Å². The second-order valence-corrected chi connectivity index (χ2v) is 3.46. The lowest BCUT2D eigenvalue weighted by Gasteiger charge is -2.22. The average molecular weight is 181 g/mol. The van der Waals surface area contributed by atoms with Crippen LogP contribution in [-0.2, 0) is 10.3 Å². The number of aliphatic hydroxyl groups is 1. The zero-order valence-electron chi connectivity index (χ0n) is 8.24. The molecule has 1 atom stereocenters. The van der Waals surface area contributed by atoms with E-state index in [0.29, 0.717) is 0 Å². The van der Waals surface area contributed by atoms with E-state index in [1.807, 2.05) is 13.0 Å². The van der Waals surface area contributed by atoms with Crippen LogP contribution in [0.15, 0.2) is 18.5 Å². The molecule has 0 saturated carbocycles. The maximum Gasteiger partial charge on any atom is 0.112 e. The van der Waals surface area contributed by atoms with Gasteiger partial charge in [0, 0.05) is 25.1 Å². The Labute approximate surface area is 78.4 Å². The first-order valence-electron chi connectivity index (χ1n) is 4.20. The molecule has 0 aliphatic carbocycles. The predicted molar refractivity (Wildman–Crippen MR) is 50.4 cm³/mol. The molecule has 0 aromatic carbocycles. The van der Waals surface area contributed by atoms with Gasteiger partial charge in [-0.15, -0.1) is 0 Å². The summed E-state index contributed by atoms with van der Waals surface area (Å²) in [6, 6.07) is 1.91. The highest BCUT2D eigenvalue weighted by molar-refractivity contribution is 5.22. The Hall–Kier alpha value is -0.930. The van der Waals surface area contributed by atoms with Crippen molar-refractivity contribution in [1.82, 2.24) is 4.98 Å². The van der Waals surface area contributed by atoms with E-state index in [-0.39, 0.29) is 6.61 Å². The van der Waals surface area contributed by atoms with E-state index < -0.39 is 5.60 Å². The smallest absolute Gasteiger partial charge is 0.112 e. The van der Waals surface area contributed by atoms with Crippen molar-refractivity contribution in [1.29, 1.82) is 0 Å². The molecule has 0 aliphatic rings. The zero-order valence-corrected chi connectivity index (χ0v) is 8.24. The van der Waals surface area contributed by atoms with Crippen molar-refractivity contribution in [2.75, 3.05) is 13.7 Å². The maximum absolute atomic E-state index is 9.95. The van der Waals surface area contributed by atoms with Gasteiger partial charge in [-0.25, -0.2) is 0 Å². The van der Waals surface area contributed by atoms with E-state index in [1.165, 1.54) is 0 Å². The van der Waals surface area contributed by atoms with Crippen LogP contribution in [0.3, 0.4) is 0 Å². The number of rotatable bonds is 3. The second kappa shape index (κ2) is 3.85. The minimum absolute atomic E-state index is 0.276. The van der Waals surface area contributed by atoms with E-state index in [0.717, 1.165) is 11.1 Å². The number of pyridine rings is 1. The van der Waals surface area contributed by atoms with E-state index in [4.69, 9.17) is 4.74 Å². The molecule has 13 heavy (non-hydrogen) atoms. The van der Waals surface area contributed by atoms with Gasteiger partial charge in [-0.05, 0) is 19.4 Å². The Kier molecular flexibility index (Phi) is 3.01. The number of aryl methyl sites for hydroxylation is 1. The van der Waals surface area contributed by atoms with Crippen LogP contribution in [0.2, 0.25) is 0 Å². The van der Waals surface area contributed by atoms with Crippen LogP contribution in [0.4, 0.5) is 0 Å². The molecule has 0 amide bonds. The van der Waals surface area contributed by atoms with Crippen LogP contribution in [0.5, 0.6) is 0 Å². The molecule has 3 heteroatoms. The Bertz CT molecular complexity index is 284. The first-order chi connectivity index (χ1) is 6.06. The van der Waals surface area contributed by atoms with Gasteiger partial charge in [-0.1, -0.05) is 6.07 Å². The molecule has 1 aromatic rings. The molecule has 1 rings (SSSR count). The van der Waals surface area contributed by atoms with Crippen molar-refractivity contribution < 1.29 is 9.84 Å². The lowest BCUT2D eigenvalue weighted by Crippen LogP contribution is -2.27. The van der Waals surface area contributed by atoms with Gasteiger partial charge in [0.05, 0.1) is 6.61 Å². The average Bonchev–Trinajstić information content (AvgIpc) is 2.04. The van der Waals surface area contributed by atoms with Gasteiger partial charge >= 0.3 is 0 Å². The van der Waals surface area contributed by atoms with Crippen molar-refractivity contribution in [3.63, 3.8) is 0 Å². The minimum Gasteiger partial charge on any atom is -0.383 e. The molecule has 1 heterocycles. The molecule has 0 spiro atoms. The van der Waals surface area contributed by atoms with Crippen molar-refractivity contribution in [2.45, 2.75) is 19.4 Å². The van der Waals surface area contributed by atoms with E-state index in [2.05, 4.69) is 4.98 Å². The molecular formula is C10H15NO2. The lowest BCUT2D eigenvalue weighted by molar-refractivity contribution is -0.0210. The third kappa shape index (κ3) is 2.50. The molecule has 0 saturated heterocycles. The van der Waals surface area contributed by atoms with Crippen LogP contribution in [-0.4, -0.2) is 23.8 Å². The molecule has 0 aliphatic heterocycles. The highest BCUT2D eigenvalue weighted by atomic mass is 16.5. The normalized spacial score (nSPS) is 15.4. The molecule has 3 nitrogen and oxygen atoms in total.